The van der Waals surface area contributed by atoms with Gasteiger partial charge in [0.25, 0.3) is 5.56 Å². The number of rotatable bonds is 22. The molecule has 0 saturated carbocycles. The van der Waals surface area contributed by atoms with Crippen LogP contribution in [0.4, 0.5) is 9.59 Å². The molecule has 0 bridgehead atoms. The average molecular weight is 839 g/mol. The number of hydrogen-bond acceptors (Lipinski definition) is 14. The smallest absolute Gasteiger partial charge is 0.412 e. The zero-order valence-corrected chi connectivity index (χ0v) is 35.3. The molecule has 0 spiro atoms. The van der Waals surface area contributed by atoms with Gasteiger partial charge in [0.1, 0.15) is 24.6 Å². The van der Waals surface area contributed by atoms with Crippen molar-refractivity contribution in [1.29, 1.82) is 0 Å². The zero-order valence-electron chi connectivity index (χ0n) is 35.3. The summed E-state index contributed by atoms with van der Waals surface area (Å²) in [6.07, 6.45) is 2.96. The van der Waals surface area contributed by atoms with E-state index in [-0.39, 0.29) is 68.5 Å². The van der Waals surface area contributed by atoms with Gasteiger partial charge in [-0.1, -0.05) is 26.7 Å². The summed E-state index contributed by atoms with van der Waals surface area (Å²) in [5.41, 5.74) is 1.44. The van der Waals surface area contributed by atoms with Crippen molar-refractivity contribution in [2.75, 3.05) is 59.3 Å². The molecule has 4 heterocycles. The number of benzene rings is 1. The van der Waals surface area contributed by atoms with Crippen molar-refractivity contribution >= 4 is 35.0 Å². The van der Waals surface area contributed by atoms with Gasteiger partial charge < -0.3 is 53.5 Å². The number of aromatic nitrogens is 2. The Labute approximate surface area is 349 Å². The van der Waals surface area contributed by atoms with Crippen molar-refractivity contribution < 1.29 is 57.4 Å². The summed E-state index contributed by atoms with van der Waals surface area (Å²) in [5.74, 6) is -0.712. The first-order chi connectivity index (χ1) is 28.8. The van der Waals surface area contributed by atoms with Crippen molar-refractivity contribution in [2.24, 2.45) is 0 Å². The molecule has 5 rings (SSSR count). The fourth-order valence-corrected chi connectivity index (χ4v) is 7.07. The first kappa shape index (κ1) is 46.0. The number of unbranched alkanes of at least 4 members (excludes halogenated alkanes) is 3. The minimum absolute atomic E-state index is 0.0627. The Morgan fingerprint density at radius 1 is 0.867 bits per heavy atom. The Kier molecular flexibility index (Phi) is 16.4. The van der Waals surface area contributed by atoms with Crippen molar-refractivity contribution in [3.05, 3.63) is 56.9 Å². The first-order valence-corrected chi connectivity index (χ1v) is 20.7. The SMILES string of the molecule is CCc1c2c(nc3ccc(OC(=O)NCCCCCCNC(=O)OCCOCCOCCOCCC(=O)OC(C)(C)C)cc13)-c1cc3c(c(=O)n1C2)COC(=O)[C@]3(O)CC. The largest absolute Gasteiger partial charge is 0.460 e. The molecule has 0 fully saturated rings. The Morgan fingerprint density at radius 2 is 1.52 bits per heavy atom. The second-order valence-corrected chi connectivity index (χ2v) is 15.5. The van der Waals surface area contributed by atoms with E-state index in [9.17, 15) is 29.1 Å². The third-order valence-corrected chi connectivity index (χ3v) is 10.1. The van der Waals surface area contributed by atoms with Crippen LogP contribution < -0.4 is 20.9 Å². The molecule has 3 N–H and O–H groups in total. The van der Waals surface area contributed by atoms with Crippen LogP contribution >= 0.6 is 0 Å². The van der Waals surface area contributed by atoms with Gasteiger partial charge in [-0.2, -0.15) is 0 Å². The number of ether oxygens (including phenoxy) is 7. The number of aliphatic hydroxyl groups is 1. The number of hydrogen-bond donors (Lipinski definition) is 3. The van der Waals surface area contributed by atoms with E-state index in [2.05, 4.69) is 10.6 Å². The standard InChI is InChI=1S/C43H58N4O13/c1-6-29-30-24-28(12-13-34(30)46-37-31(29)26-47-35(37)25-33-32(38(47)49)27-58-39(50)43(33,53)7-2)59-41(52)45-16-11-9-8-10-15-44-40(51)57-23-22-56-21-20-55-19-18-54-17-14-36(48)60-42(3,4)5/h12-13,24-25,53H,6-11,14-23,26-27H2,1-5H3,(H,44,51)(H,45,52)/t43-/m0/s1. The Morgan fingerprint density at radius 3 is 2.17 bits per heavy atom. The van der Waals surface area contributed by atoms with E-state index in [4.69, 9.17) is 38.1 Å². The molecule has 0 saturated heterocycles. The van der Waals surface area contributed by atoms with Crippen molar-refractivity contribution in [3.63, 3.8) is 0 Å². The number of nitrogens with zero attached hydrogens (tertiary/aromatic N) is 2. The van der Waals surface area contributed by atoms with Gasteiger partial charge in [0, 0.05) is 29.6 Å². The summed E-state index contributed by atoms with van der Waals surface area (Å²) in [6.45, 7) is 12.2. The van der Waals surface area contributed by atoms with Crippen LogP contribution in [0.1, 0.15) is 95.4 Å². The summed E-state index contributed by atoms with van der Waals surface area (Å²) < 4.78 is 38.9. The number of carbonyl (C=O) groups excluding carboxylic acids is 4. The molecule has 0 aliphatic carbocycles. The van der Waals surface area contributed by atoms with E-state index in [0.29, 0.717) is 68.6 Å². The third kappa shape index (κ3) is 12.0. The van der Waals surface area contributed by atoms with Crippen molar-refractivity contribution in [1.82, 2.24) is 20.2 Å². The second-order valence-electron chi connectivity index (χ2n) is 15.5. The maximum Gasteiger partial charge on any atom is 0.412 e. The first-order valence-electron chi connectivity index (χ1n) is 20.7. The predicted octanol–water partition coefficient (Wildman–Crippen LogP) is 4.80. The van der Waals surface area contributed by atoms with Crippen LogP contribution in [0.25, 0.3) is 22.3 Å². The highest BCUT2D eigenvalue weighted by Gasteiger charge is 2.45. The van der Waals surface area contributed by atoms with Crippen molar-refractivity contribution in [2.45, 2.75) is 104 Å². The number of alkyl carbamates (subject to hydrolysis) is 1. The molecular formula is C43H58N4O13. The Bertz CT molecular complexity index is 2060. The summed E-state index contributed by atoms with van der Waals surface area (Å²) in [7, 11) is 0. The molecule has 328 valence electrons. The Balaban J connectivity index is 0.930. The van der Waals surface area contributed by atoms with E-state index < -0.39 is 29.4 Å². The molecule has 1 atom stereocenters. The minimum Gasteiger partial charge on any atom is -0.460 e. The average Bonchev–Trinajstić information content (AvgIpc) is 3.57. The van der Waals surface area contributed by atoms with Crippen LogP contribution in [0.5, 0.6) is 5.75 Å². The minimum atomic E-state index is -1.90. The van der Waals surface area contributed by atoms with Gasteiger partial charge in [0.15, 0.2) is 5.60 Å². The van der Waals surface area contributed by atoms with Crippen molar-refractivity contribution in [3.8, 4) is 17.1 Å². The monoisotopic (exact) mass is 838 g/mol. The van der Waals surface area contributed by atoms with E-state index >= 15 is 0 Å². The number of fused-ring (bicyclic) bond motifs is 5. The van der Waals surface area contributed by atoms with E-state index in [1.54, 1.807) is 35.8 Å². The maximum atomic E-state index is 13.6. The molecule has 17 heteroatoms. The number of pyridine rings is 2. The topological polar surface area (TPSA) is 212 Å². The van der Waals surface area contributed by atoms with E-state index in [0.717, 1.165) is 42.2 Å². The lowest BCUT2D eigenvalue weighted by molar-refractivity contribution is -0.172. The molecule has 0 radical (unpaired) electrons. The quantitative estimate of drug-likeness (QED) is 0.0552. The summed E-state index contributed by atoms with van der Waals surface area (Å²) in [6, 6.07) is 6.91. The molecule has 3 aromatic rings. The molecule has 2 aliphatic rings. The van der Waals surface area contributed by atoms with Crippen LogP contribution in [0, 0.1) is 0 Å². The number of aryl methyl sites for hydroxylation is 1. The van der Waals surface area contributed by atoms with Crippen LogP contribution in [0.15, 0.2) is 29.1 Å². The lowest BCUT2D eigenvalue weighted by Crippen LogP contribution is -2.44. The highest BCUT2D eigenvalue weighted by atomic mass is 16.6. The lowest BCUT2D eigenvalue weighted by atomic mass is 9.86. The predicted molar refractivity (Wildman–Crippen MR) is 219 cm³/mol. The van der Waals surface area contributed by atoms with Gasteiger partial charge in [-0.25, -0.2) is 19.4 Å². The third-order valence-electron chi connectivity index (χ3n) is 10.1. The fraction of sp³-hybridized carbons (Fsp3) is 0.581. The molecule has 2 amide bonds. The number of cyclic esters (lactones) is 1. The van der Waals surface area contributed by atoms with Gasteiger partial charge >= 0.3 is 24.1 Å². The highest BCUT2D eigenvalue weighted by Crippen LogP contribution is 2.40. The molecular weight excluding hydrogens is 780 g/mol. The Hall–Kier alpha value is -5.10. The normalized spacial score (nSPS) is 15.5. The molecule has 2 aliphatic heterocycles. The van der Waals surface area contributed by atoms with Gasteiger partial charge in [-0.3, -0.25) is 9.59 Å². The molecule has 1 aromatic carbocycles. The number of amides is 2. The molecule has 0 unspecified atom stereocenters. The van der Waals surface area contributed by atoms with Crippen LogP contribution in [0.3, 0.4) is 0 Å². The van der Waals surface area contributed by atoms with Crippen LogP contribution in [-0.4, -0.2) is 104 Å². The second kappa shape index (κ2) is 21.4. The number of nitrogens with one attached hydrogen (secondary N) is 2. The van der Waals surface area contributed by atoms with Gasteiger partial charge in [0.05, 0.1) is 75.1 Å². The number of esters is 2. The molecule has 17 nitrogen and oxygen atoms in total. The summed E-state index contributed by atoms with van der Waals surface area (Å²) in [4.78, 5) is 67.2. The van der Waals surface area contributed by atoms with E-state index in [1.807, 2.05) is 27.7 Å². The summed E-state index contributed by atoms with van der Waals surface area (Å²) in [5, 5.41) is 17.5. The summed E-state index contributed by atoms with van der Waals surface area (Å²) >= 11 is 0. The van der Waals surface area contributed by atoms with E-state index in [1.165, 1.54) is 0 Å². The zero-order chi connectivity index (χ0) is 43.3. The highest BCUT2D eigenvalue weighted by molar-refractivity contribution is 5.90. The van der Waals surface area contributed by atoms with Gasteiger partial charge in [-0.15, -0.1) is 0 Å². The van der Waals surface area contributed by atoms with Crippen LogP contribution in [0.2, 0.25) is 0 Å². The number of carbonyl (C=O) groups is 4. The maximum absolute atomic E-state index is 13.6. The molecule has 60 heavy (non-hydrogen) atoms. The van der Waals surface area contributed by atoms with Gasteiger partial charge in [0.2, 0.25) is 0 Å². The lowest BCUT2D eigenvalue weighted by Gasteiger charge is -2.31. The fourth-order valence-electron chi connectivity index (χ4n) is 7.07. The van der Waals surface area contributed by atoms with Crippen LogP contribution in [-0.2, 0) is 63.2 Å². The van der Waals surface area contributed by atoms with Gasteiger partial charge in [-0.05, 0) is 76.3 Å². The molecule has 2 aromatic heterocycles.